The summed E-state index contributed by atoms with van der Waals surface area (Å²) in [6, 6.07) is 22.6. The van der Waals surface area contributed by atoms with Gasteiger partial charge >= 0.3 is 0 Å². The highest BCUT2D eigenvalue weighted by molar-refractivity contribution is 6.04. The Morgan fingerprint density at radius 2 is 1.53 bits per heavy atom. The maximum absolute atomic E-state index is 12.8. The molecule has 6 heteroatoms. The predicted molar refractivity (Wildman–Crippen MR) is 127 cm³/mol. The lowest BCUT2D eigenvalue weighted by atomic mass is 10.1. The molecule has 1 aliphatic rings. The SMILES string of the molecule is COc1ccc(C(=O)N2CCN(c3ccc(NC(=O)c4cccc(C)c4)cc3)CC2)cc1. The van der Waals surface area contributed by atoms with Crippen LogP contribution in [0.4, 0.5) is 11.4 Å². The van der Waals surface area contributed by atoms with E-state index in [0.29, 0.717) is 24.2 Å². The van der Waals surface area contributed by atoms with Gasteiger partial charge in [0.25, 0.3) is 11.8 Å². The third-order valence-electron chi connectivity index (χ3n) is 5.67. The molecule has 0 aliphatic carbocycles. The molecule has 32 heavy (non-hydrogen) atoms. The number of amides is 2. The Bertz CT molecular complexity index is 1090. The second-order valence-corrected chi connectivity index (χ2v) is 7.88. The zero-order valence-corrected chi connectivity index (χ0v) is 18.4. The van der Waals surface area contributed by atoms with Gasteiger partial charge in [0.05, 0.1) is 7.11 Å². The van der Waals surface area contributed by atoms with Gasteiger partial charge in [0, 0.05) is 48.7 Å². The Balaban J connectivity index is 1.32. The van der Waals surface area contributed by atoms with Crippen molar-refractivity contribution in [2.45, 2.75) is 6.92 Å². The molecule has 0 spiro atoms. The molecule has 0 bridgehead atoms. The molecular weight excluding hydrogens is 402 g/mol. The van der Waals surface area contributed by atoms with Crippen LogP contribution < -0.4 is 15.0 Å². The van der Waals surface area contributed by atoms with Crippen LogP contribution in [0, 0.1) is 6.92 Å². The van der Waals surface area contributed by atoms with Crippen LogP contribution >= 0.6 is 0 Å². The summed E-state index contributed by atoms with van der Waals surface area (Å²) < 4.78 is 5.16. The number of anilines is 2. The second-order valence-electron chi connectivity index (χ2n) is 7.88. The third kappa shape index (κ3) is 4.91. The zero-order chi connectivity index (χ0) is 22.5. The first-order valence-electron chi connectivity index (χ1n) is 10.7. The van der Waals surface area contributed by atoms with Gasteiger partial charge in [0.2, 0.25) is 0 Å². The molecule has 3 aromatic carbocycles. The Labute approximate surface area is 188 Å². The van der Waals surface area contributed by atoms with Crippen molar-refractivity contribution in [3.63, 3.8) is 0 Å². The number of carbonyl (C=O) groups excluding carboxylic acids is 2. The number of nitrogens with zero attached hydrogens (tertiary/aromatic N) is 2. The highest BCUT2D eigenvalue weighted by Crippen LogP contribution is 2.21. The lowest BCUT2D eigenvalue weighted by Crippen LogP contribution is -2.48. The maximum Gasteiger partial charge on any atom is 0.255 e. The fourth-order valence-electron chi connectivity index (χ4n) is 3.83. The molecule has 6 nitrogen and oxygen atoms in total. The Hall–Kier alpha value is -3.80. The zero-order valence-electron chi connectivity index (χ0n) is 18.4. The summed E-state index contributed by atoms with van der Waals surface area (Å²) in [5.41, 5.74) is 4.21. The molecule has 0 radical (unpaired) electrons. The van der Waals surface area contributed by atoms with Crippen LogP contribution in [-0.2, 0) is 0 Å². The van der Waals surface area contributed by atoms with E-state index in [1.807, 2.05) is 72.5 Å². The minimum absolute atomic E-state index is 0.0431. The standard InChI is InChI=1S/C26H27N3O3/c1-19-4-3-5-21(18-19)25(30)27-22-8-10-23(11-9-22)28-14-16-29(17-15-28)26(31)20-6-12-24(32-2)13-7-20/h3-13,18H,14-17H2,1-2H3,(H,27,30). The fraction of sp³-hybridized carbons (Fsp3) is 0.231. The van der Waals surface area contributed by atoms with Crippen molar-refractivity contribution in [1.82, 2.24) is 4.90 Å². The molecule has 4 rings (SSSR count). The first-order valence-corrected chi connectivity index (χ1v) is 10.7. The van der Waals surface area contributed by atoms with Gasteiger partial charge in [-0.15, -0.1) is 0 Å². The Kier molecular flexibility index (Phi) is 6.40. The first-order chi connectivity index (χ1) is 15.5. The smallest absolute Gasteiger partial charge is 0.255 e. The van der Waals surface area contributed by atoms with E-state index in [0.717, 1.165) is 35.8 Å². The van der Waals surface area contributed by atoms with Gasteiger partial charge in [0.1, 0.15) is 5.75 Å². The van der Waals surface area contributed by atoms with Crippen molar-refractivity contribution >= 4 is 23.2 Å². The van der Waals surface area contributed by atoms with Crippen molar-refractivity contribution in [2.24, 2.45) is 0 Å². The number of piperazine rings is 1. The van der Waals surface area contributed by atoms with Crippen molar-refractivity contribution in [3.05, 3.63) is 89.5 Å². The molecule has 1 saturated heterocycles. The molecule has 1 aliphatic heterocycles. The van der Waals surface area contributed by atoms with Crippen molar-refractivity contribution in [1.29, 1.82) is 0 Å². The Morgan fingerprint density at radius 1 is 0.844 bits per heavy atom. The predicted octanol–water partition coefficient (Wildman–Crippen LogP) is 4.22. The van der Waals surface area contributed by atoms with Gasteiger partial charge in [0.15, 0.2) is 0 Å². The van der Waals surface area contributed by atoms with Gasteiger partial charge in [-0.05, 0) is 67.6 Å². The van der Waals surface area contributed by atoms with Gasteiger partial charge in [-0.1, -0.05) is 17.7 Å². The summed E-state index contributed by atoms with van der Waals surface area (Å²) in [5, 5.41) is 2.94. The number of rotatable bonds is 5. The molecule has 3 aromatic rings. The van der Waals surface area contributed by atoms with Crippen LogP contribution in [0.3, 0.4) is 0 Å². The monoisotopic (exact) mass is 429 g/mol. The van der Waals surface area contributed by atoms with Crippen LogP contribution in [0.5, 0.6) is 5.75 Å². The van der Waals surface area contributed by atoms with E-state index in [2.05, 4.69) is 10.2 Å². The average Bonchev–Trinajstić information content (AvgIpc) is 2.84. The normalized spacial score (nSPS) is 13.6. The van der Waals surface area contributed by atoms with Crippen LogP contribution in [-0.4, -0.2) is 50.0 Å². The number of methoxy groups -OCH3 is 1. The van der Waals surface area contributed by atoms with Gasteiger partial charge < -0.3 is 19.9 Å². The van der Waals surface area contributed by atoms with Crippen LogP contribution in [0.2, 0.25) is 0 Å². The van der Waals surface area contributed by atoms with Crippen LogP contribution in [0.25, 0.3) is 0 Å². The molecule has 2 amide bonds. The van der Waals surface area contributed by atoms with Gasteiger partial charge in [-0.25, -0.2) is 0 Å². The molecule has 0 saturated carbocycles. The number of carbonyl (C=O) groups is 2. The maximum atomic E-state index is 12.8. The molecule has 0 atom stereocenters. The lowest BCUT2D eigenvalue weighted by molar-refractivity contribution is 0.0746. The van der Waals surface area contributed by atoms with E-state index in [-0.39, 0.29) is 11.8 Å². The lowest BCUT2D eigenvalue weighted by Gasteiger charge is -2.36. The number of hydrogen-bond donors (Lipinski definition) is 1. The first kappa shape index (κ1) is 21.4. The molecular formula is C26H27N3O3. The van der Waals surface area contributed by atoms with E-state index in [1.54, 1.807) is 19.2 Å². The summed E-state index contributed by atoms with van der Waals surface area (Å²) in [4.78, 5) is 29.3. The van der Waals surface area contributed by atoms with Crippen molar-refractivity contribution in [2.75, 3.05) is 43.5 Å². The topological polar surface area (TPSA) is 61.9 Å². The summed E-state index contributed by atoms with van der Waals surface area (Å²) >= 11 is 0. The van der Waals surface area contributed by atoms with Gasteiger partial charge in [-0.3, -0.25) is 9.59 Å². The third-order valence-corrected chi connectivity index (χ3v) is 5.67. The summed E-state index contributed by atoms with van der Waals surface area (Å²) in [6.07, 6.45) is 0. The molecule has 0 unspecified atom stereocenters. The second kappa shape index (κ2) is 9.56. The number of hydrogen-bond acceptors (Lipinski definition) is 4. The largest absolute Gasteiger partial charge is 0.497 e. The molecule has 1 fully saturated rings. The highest BCUT2D eigenvalue weighted by Gasteiger charge is 2.22. The van der Waals surface area contributed by atoms with E-state index in [1.165, 1.54) is 0 Å². The number of benzene rings is 3. The summed E-state index contributed by atoms with van der Waals surface area (Å²) in [6.45, 7) is 4.82. The summed E-state index contributed by atoms with van der Waals surface area (Å²) in [5.74, 6) is 0.665. The van der Waals surface area contributed by atoms with E-state index >= 15 is 0 Å². The van der Waals surface area contributed by atoms with Crippen LogP contribution in [0.15, 0.2) is 72.8 Å². The molecule has 1 heterocycles. The highest BCUT2D eigenvalue weighted by atomic mass is 16.5. The van der Waals surface area contributed by atoms with E-state index in [4.69, 9.17) is 4.74 Å². The summed E-state index contributed by atoms with van der Waals surface area (Å²) in [7, 11) is 1.61. The Morgan fingerprint density at radius 3 is 2.16 bits per heavy atom. The average molecular weight is 430 g/mol. The number of nitrogens with one attached hydrogen (secondary N) is 1. The fourth-order valence-corrected chi connectivity index (χ4v) is 3.83. The van der Waals surface area contributed by atoms with E-state index < -0.39 is 0 Å². The van der Waals surface area contributed by atoms with E-state index in [9.17, 15) is 9.59 Å². The van der Waals surface area contributed by atoms with Crippen LogP contribution in [0.1, 0.15) is 26.3 Å². The molecule has 0 aromatic heterocycles. The number of ether oxygens (including phenoxy) is 1. The van der Waals surface area contributed by atoms with Gasteiger partial charge in [-0.2, -0.15) is 0 Å². The minimum atomic E-state index is -0.118. The number of aryl methyl sites for hydroxylation is 1. The molecule has 1 N–H and O–H groups in total. The van der Waals surface area contributed by atoms with Crippen molar-refractivity contribution < 1.29 is 14.3 Å². The molecule has 164 valence electrons. The quantitative estimate of drug-likeness (QED) is 0.660. The van der Waals surface area contributed by atoms with Crippen molar-refractivity contribution in [3.8, 4) is 5.75 Å². The minimum Gasteiger partial charge on any atom is -0.497 e.